The van der Waals surface area contributed by atoms with Gasteiger partial charge in [0.05, 0.1) is 32.8 Å². The summed E-state index contributed by atoms with van der Waals surface area (Å²) in [6.45, 7) is 13.7. The maximum absolute atomic E-state index is 14.0. The summed E-state index contributed by atoms with van der Waals surface area (Å²) in [6, 6.07) is 42.1. The molecule has 0 aromatic heterocycles. The predicted octanol–water partition coefficient (Wildman–Crippen LogP) is 25.8. The lowest BCUT2D eigenvalue weighted by molar-refractivity contribution is -0.141. The van der Waals surface area contributed by atoms with Crippen LogP contribution in [0, 0.1) is 0 Å². The number of benzene rings is 6. The normalized spacial score (nSPS) is 11.1. The minimum absolute atomic E-state index is 0.185. The van der Waals surface area contributed by atoms with Crippen LogP contribution in [0.4, 0.5) is 0 Å². The zero-order valence-electron chi connectivity index (χ0n) is 72.1. The van der Waals surface area contributed by atoms with Crippen molar-refractivity contribution in [3.05, 3.63) is 167 Å². The minimum Gasteiger partial charge on any atom is -0.494 e. The van der Waals surface area contributed by atoms with Gasteiger partial charge in [-0.15, -0.1) is 0 Å². The quantitative estimate of drug-likeness (QED) is 0.0306. The molecule has 0 spiro atoms. The van der Waals surface area contributed by atoms with Crippen LogP contribution >= 0.6 is 0 Å². The van der Waals surface area contributed by atoms with Crippen molar-refractivity contribution in [3.63, 3.8) is 0 Å². The summed E-state index contributed by atoms with van der Waals surface area (Å²) >= 11 is 0. The van der Waals surface area contributed by atoms with Gasteiger partial charge in [0, 0.05) is 43.7 Å². The van der Waals surface area contributed by atoms with E-state index in [9.17, 15) is 24.3 Å². The molecule has 0 aliphatic carbocycles. The van der Waals surface area contributed by atoms with E-state index in [1.807, 2.05) is 97.1 Å². The fraction of sp³-hybridized carbons (Fsp3) is 0.600. The van der Waals surface area contributed by atoms with Crippen LogP contribution < -0.4 is 48.5 Å². The average Bonchev–Trinajstić information content (AvgIpc) is 0.841. The number of carbonyl (C=O) groups excluding carboxylic acids is 3. The van der Waals surface area contributed by atoms with Gasteiger partial charge in [-0.2, -0.15) is 0 Å². The molecule has 642 valence electrons. The SMILES string of the molecule is CCCCCCCCCCCCOc1ccc(COc2ccc(C(=O)NCCCN(CCCNC(=O)c3ccc(OCc4ccc(OCCCCCCCCCCCC)cc4)c(OCc4ccc(OCCCCCCCCCCCC)cc4)c3)C(=O)CCC(=O)O)cc2OCc2ccc(OCCCCCCCCCCCC)cc2)cc1. The molecule has 0 fully saturated rings. The number of carbonyl (C=O) groups is 4. The van der Waals surface area contributed by atoms with Crippen molar-refractivity contribution in [1.29, 1.82) is 0 Å². The van der Waals surface area contributed by atoms with E-state index in [2.05, 4.69) is 38.3 Å². The molecule has 0 saturated carbocycles. The average molecular weight is 1600 g/mol. The third kappa shape index (κ3) is 44.8. The number of ether oxygens (including phenoxy) is 8. The molecule has 3 N–H and O–H groups in total. The van der Waals surface area contributed by atoms with Crippen LogP contribution in [0.3, 0.4) is 0 Å². The van der Waals surface area contributed by atoms with Crippen molar-refractivity contribution in [3.8, 4) is 46.0 Å². The van der Waals surface area contributed by atoms with Gasteiger partial charge in [0.1, 0.15) is 49.4 Å². The molecule has 116 heavy (non-hydrogen) atoms. The highest BCUT2D eigenvalue weighted by Gasteiger charge is 2.19. The van der Waals surface area contributed by atoms with Gasteiger partial charge in [-0.1, -0.05) is 307 Å². The standard InChI is InChI=1S/C100H149N3O13/c1-5-9-13-17-21-25-29-33-37-41-73-109-89-57-47-83(48-58-89)79-113-93-65-55-87(77-95(93)115-81-85-51-61-91(62-52-85)111-75-43-39-35-31-27-23-19-15-11-7-3)99(107)101-69-45-71-103(97(104)67-68-98(105)106)72-46-70-102-100(108)88-56-66-94(114-80-84-49-59-90(60-50-84)110-74-42-38-34-30-26-22-18-14-10-6-2)96(78-88)116-82-86-53-63-92(64-54-86)112-76-44-40-36-32-28-24-20-16-12-8-4/h47-66,77-78H,5-46,67-76,79-82H2,1-4H3,(H,101,107)(H,102,108)(H,105,106). The topological polar surface area (TPSA) is 190 Å². The van der Waals surface area contributed by atoms with Crippen molar-refractivity contribution >= 4 is 23.7 Å². The zero-order valence-corrected chi connectivity index (χ0v) is 72.1. The molecule has 0 aliphatic heterocycles. The van der Waals surface area contributed by atoms with Gasteiger partial charge >= 0.3 is 5.97 Å². The molecule has 0 radical (unpaired) electrons. The highest BCUT2D eigenvalue weighted by Crippen LogP contribution is 2.33. The molecule has 0 saturated heterocycles. The zero-order chi connectivity index (χ0) is 82.2. The lowest BCUT2D eigenvalue weighted by Crippen LogP contribution is -2.37. The van der Waals surface area contributed by atoms with E-state index in [1.165, 1.54) is 218 Å². The minimum atomic E-state index is -1.07. The second-order valence-corrected chi connectivity index (χ2v) is 31.7. The van der Waals surface area contributed by atoms with Crippen LogP contribution in [0.5, 0.6) is 46.0 Å². The van der Waals surface area contributed by atoms with Gasteiger partial charge in [-0.25, -0.2) is 0 Å². The van der Waals surface area contributed by atoms with E-state index in [1.54, 1.807) is 41.3 Å². The largest absolute Gasteiger partial charge is 0.494 e. The van der Waals surface area contributed by atoms with E-state index in [4.69, 9.17) is 37.9 Å². The van der Waals surface area contributed by atoms with E-state index in [-0.39, 0.29) is 83.2 Å². The second kappa shape index (κ2) is 63.7. The van der Waals surface area contributed by atoms with Crippen molar-refractivity contribution in [2.24, 2.45) is 0 Å². The molecule has 0 unspecified atom stereocenters. The van der Waals surface area contributed by atoms with Gasteiger partial charge in [-0.3, -0.25) is 19.2 Å². The molecular formula is C100H149N3O13. The van der Waals surface area contributed by atoms with Crippen LogP contribution in [-0.4, -0.2) is 86.3 Å². The Kier molecular flexibility index (Phi) is 53.0. The van der Waals surface area contributed by atoms with Gasteiger partial charge in [0.2, 0.25) is 5.91 Å². The molecule has 16 nitrogen and oxygen atoms in total. The molecule has 6 aromatic carbocycles. The Bertz CT molecular complexity index is 3280. The number of unbranched alkanes of at least 4 members (excludes halogenated alkanes) is 36. The summed E-state index contributed by atoms with van der Waals surface area (Å²) in [6.07, 6.45) is 51.1. The van der Waals surface area contributed by atoms with Crippen LogP contribution in [0.2, 0.25) is 0 Å². The van der Waals surface area contributed by atoms with E-state index < -0.39 is 5.97 Å². The molecule has 0 aliphatic rings. The molecular weight excluding hydrogens is 1450 g/mol. The maximum atomic E-state index is 14.0. The Morgan fingerprint density at radius 3 is 0.767 bits per heavy atom. The van der Waals surface area contributed by atoms with Crippen molar-refractivity contribution in [2.45, 2.75) is 337 Å². The molecule has 16 heteroatoms. The number of carboxylic acids is 1. The molecule has 3 amide bonds. The molecule has 0 heterocycles. The Morgan fingerprint density at radius 1 is 0.276 bits per heavy atom. The fourth-order valence-corrected chi connectivity index (χ4v) is 14.1. The van der Waals surface area contributed by atoms with Crippen molar-refractivity contribution < 1.29 is 62.2 Å². The Hall–Kier alpha value is -8.40. The summed E-state index contributed by atoms with van der Waals surface area (Å²) in [5.74, 6) is 2.98. The summed E-state index contributed by atoms with van der Waals surface area (Å²) in [7, 11) is 0. The third-order valence-electron chi connectivity index (χ3n) is 21.4. The monoisotopic (exact) mass is 1600 g/mol. The first-order valence-electron chi connectivity index (χ1n) is 45.8. The number of carboxylic acid groups (broad SMARTS) is 1. The third-order valence-corrected chi connectivity index (χ3v) is 21.4. The number of hydrogen-bond acceptors (Lipinski definition) is 12. The lowest BCUT2D eigenvalue weighted by Gasteiger charge is -2.23. The summed E-state index contributed by atoms with van der Waals surface area (Å²) in [5.41, 5.74) is 4.48. The predicted molar refractivity (Wildman–Crippen MR) is 473 cm³/mol. The van der Waals surface area contributed by atoms with E-state index in [0.29, 0.717) is 73.4 Å². The van der Waals surface area contributed by atoms with Crippen LogP contribution in [-0.2, 0) is 36.0 Å². The molecule has 6 rings (SSSR count). The number of aliphatic carboxylic acids is 1. The first-order chi connectivity index (χ1) is 57.0. The van der Waals surface area contributed by atoms with Crippen LogP contribution in [0.25, 0.3) is 0 Å². The molecule has 0 atom stereocenters. The second-order valence-electron chi connectivity index (χ2n) is 31.7. The maximum Gasteiger partial charge on any atom is 0.303 e. The van der Waals surface area contributed by atoms with Gasteiger partial charge in [-0.05, 0) is 146 Å². The number of nitrogens with zero attached hydrogens (tertiary/aromatic N) is 1. The first-order valence-corrected chi connectivity index (χ1v) is 45.8. The summed E-state index contributed by atoms with van der Waals surface area (Å²) < 4.78 is 50.2. The van der Waals surface area contributed by atoms with Gasteiger partial charge in [0.25, 0.3) is 11.8 Å². The van der Waals surface area contributed by atoms with E-state index >= 15 is 0 Å². The number of rotatable bonds is 73. The highest BCUT2D eigenvalue weighted by atomic mass is 16.5. The fourth-order valence-electron chi connectivity index (χ4n) is 14.1. The molecule has 6 aromatic rings. The first kappa shape index (κ1) is 96.4. The van der Waals surface area contributed by atoms with Gasteiger partial charge in [0.15, 0.2) is 23.0 Å². The van der Waals surface area contributed by atoms with Crippen molar-refractivity contribution in [2.75, 3.05) is 52.6 Å². The van der Waals surface area contributed by atoms with E-state index in [0.717, 1.165) is 83.8 Å². The van der Waals surface area contributed by atoms with Crippen LogP contribution in [0.15, 0.2) is 133 Å². The van der Waals surface area contributed by atoms with Crippen LogP contribution in [0.1, 0.15) is 353 Å². The highest BCUT2D eigenvalue weighted by molar-refractivity contribution is 5.95. The number of amides is 3. The Labute approximate surface area is 699 Å². The lowest BCUT2D eigenvalue weighted by atomic mass is 10.1. The number of nitrogens with one attached hydrogen (secondary N) is 2. The summed E-state index contributed by atoms with van der Waals surface area (Å²) in [5, 5.41) is 15.6. The smallest absolute Gasteiger partial charge is 0.303 e. The molecule has 0 bridgehead atoms. The summed E-state index contributed by atoms with van der Waals surface area (Å²) in [4.78, 5) is 54.8. The van der Waals surface area contributed by atoms with Crippen molar-refractivity contribution in [1.82, 2.24) is 15.5 Å². The van der Waals surface area contributed by atoms with Gasteiger partial charge < -0.3 is 58.5 Å². The number of hydrogen-bond donors (Lipinski definition) is 3. The Morgan fingerprint density at radius 2 is 0.517 bits per heavy atom. The Balaban J connectivity index is 1.02.